The highest BCUT2D eigenvalue weighted by Gasteiger charge is 2.22. The molecule has 1 fully saturated rings. The van der Waals surface area contributed by atoms with Gasteiger partial charge in [-0.25, -0.2) is 0 Å². The van der Waals surface area contributed by atoms with Crippen molar-refractivity contribution in [3.63, 3.8) is 0 Å². The lowest BCUT2D eigenvalue weighted by molar-refractivity contribution is -0.138. The van der Waals surface area contributed by atoms with E-state index < -0.39 is 0 Å². The lowest BCUT2D eigenvalue weighted by atomic mass is 9.98. The first-order chi connectivity index (χ1) is 9.79. The van der Waals surface area contributed by atoms with Gasteiger partial charge >= 0.3 is 0 Å². The zero-order valence-corrected chi connectivity index (χ0v) is 13.4. The first kappa shape index (κ1) is 18.0. The number of halogens is 1. The predicted molar refractivity (Wildman–Crippen MR) is 86.6 cm³/mol. The van der Waals surface area contributed by atoms with Gasteiger partial charge in [0.15, 0.2) is 0 Å². The molecule has 0 saturated carbocycles. The minimum absolute atomic E-state index is 0. The maximum Gasteiger partial charge on any atom is 0.248 e. The molecular weight excluding hydrogens is 288 g/mol. The highest BCUT2D eigenvalue weighted by molar-refractivity contribution is 5.85. The summed E-state index contributed by atoms with van der Waals surface area (Å²) in [6.07, 6.45) is 2.30. The largest absolute Gasteiger partial charge is 0.367 e. The van der Waals surface area contributed by atoms with Crippen LogP contribution in [0, 0.1) is 5.92 Å². The van der Waals surface area contributed by atoms with E-state index in [4.69, 9.17) is 4.74 Å². The van der Waals surface area contributed by atoms with Gasteiger partial charge < -0.3 is 15.0 Å². The van der Waals surface area contributed by atoms with Crippen molar-refractivity contribution < 1.29 is 9.53 Å². The Labute approximate surface area is 133 Å². The van der Waals surface area contributed by atoms with Gasteiger partial charge in [-0.1, -0.05) is 30.3 Å². The lowest BCUT2D eigenvalue weighted by Gasteiger charge is -2.32. The van der Waals surface area contributed by atoms with E-state index in [0.717, 1.165) is 31.6 Å². The van der Waals surface area contributed by atoms with Gasteiger partial charge in [0.05, 0.1) is 6.61 Å². The standard InChI is InChI=1S/C16H24N2O2.ClH/c1-17-10-15-8-5-9-18(11-15)16(19)13-20-12-14-6-3-2-4-7-14;/h2-4,6-7,15,17H,5,8-13H2,1H3;1H. The molecule has 4 nitrogen and oxygen atoms in total. The monoisotopic (exact) mass is 312 g/mol. The summed E-state index contributed by atoms with van der Waals surface area (Å²) >= 11 is 0. The van der Waals surface area contributed by atoms with E-state index in [1.165, 1.54) is 6.42 Å². The Morgan fingerprint density at radius 3 is 2.86 bits per heavy atom. The third-order valence-electron chi connectivity index (χ3n) is 3.70. The van der Waals surface area contributed by atoms with Crippen molar-refractivity contribution in [3.8, 4) is 0 Å². The van der Waals surface area contributed by atoms with Crippen LogP contribution in [-0.4, -0.2) is 44.1 Å². The molecule has 2 rings (SSSR count). The van der Waals surface area contributed by atoms with Crippen LogP contribution in [0.3, 0.4) is 0 Å². The summed E-state index contributed by atoms with van der Waals surface area (Å²) in [6.45, 7) is 3.39. The summed E-state index contributed by atoms with van der Waals surface area (Å²) in [5.74, 6) is 0.688. The minimum atomic E-state index is 0. The number of carbonyl (C=O) groups is 1. The Morgan fingerprint density at radius 2 is 2.14 bits per heavy atom. The fourth-order valence-corrected chi connectivity index (χ4v) is 2.67. The second-order valence-electron chi connectivity index (χ2n) is 5.38. The molecule has 1 aromatic rings. The molecule has 1 unspecified atom stereocenters. The van der Waals surface area contributed by atoms with Gasteiger partial charge in [-0.05, 0) is 37.9 Å². The quantitative estimate of drug-likeness (QED) is 0.874. The van der Waals surface area contributed by atoms with Crippen molar-refractivity contribution in [1.82, 2.24) is 10.2 Å². The van der Waals surface area contributed by atoms with Gasteiger partial charge in [0, 0.05) is 13.1 Å². The molecule has 21 heavy (non-hydrogen) atoms. The maximum atomic E-state index is 12.1. The molecule has 1 aliphatic heterocycles. The van der Waals surface area contributed by atoms with Crippen molar-refractivity contribution in [3.05, 3.63) is 35.9 Å². The van der Waals surface area contributed by atoms with Crippen LogP contribution in [0.5, 0.6) is 0 Å². The van der Waals surface area contributed by atoms with Crippen LogP contribution in [0.1, 0.15) is 18.4 Å². The smallest absolute Gasteiger partial charge is 0.248 e. The Kier molecular flexibility index (Phi) is 8.35. The van der Waals surface area contributed by atoms with Crippen LogP contribution in [0.15, 0.2) is 30.3 Å². The SMILES string of the molecule is CNCC1CCCN(C(=O)COCc2ccccc2)C1.Cl. The molecule has 1 aliphatic rings. The molecule has 1 amide bonds. The molecule has 1 N–H and O–H groups in total. The summed E-state index contributed by atoms with van der Waals surface area (Å²) in [6, 6.07) is 9.95. The molecule has 0 aliphatic carbocycles. The van der Waals surface area contributed by atoms with Crippen molar-refractivity contribution in [2.24, 2.45) is 5.92 Å². The maximum absolute atomic E-state index is 12.1. The van der Waals surface area contributed by atoms with Gasteiger partial charge in [-0.2, -0.15) is 0 Å². The van der Waals surface area contributed by atoms with Crippen LogP contribution < -0.4 is 5.32 Å². The van der Waals surface area contributed by atoms with E-state index >= 15 is 0 Å². The Bertz CT molecular complexity index is 412. The molecule has 1 aromatic carbocycles. The van der Waals surface area contributed by atoms with Crippen molar-refractivity contribution in [2.75, 3.05) is 33.3 Å². The van der Waals surface area contributed by atoms with Gasteiger partial charge in [0.1, 0.15) is 6.61 Å². The summed E-state index contributed by atoms with van der Waals surface area (Å²) < 4.78 is 5.52. The molecule has 1 saturated heterocycles. The van der Waals surface area contributed by atoms with E-state index in [1.807, 2.05) is 42.3 Å². The van der Waals surface area contributed by atoms with E-state index in [-0.39, 0.29) is 24.9 Å². The second kappa shape index (κ2) is 9.77. The van der Waals surface area contributed by atoms with Gasteiger partial charge in [-0.15, -0.1) is 12.4 Å². The van der Waals surface area contributed by atoms with Crippen LogP contribution in [0.4, 0.5) is 0 Å². The molecule has 0 spiro atoms. The first-order valence-corrected chi connectivity index (χ1v) is 7.33. The average molecular weight is 313 g/mol. The molecular formula is C16H25ClN2O2. The van der Waals surface area contributed by atoms with E-state index in [1.54, 1.807) is 0 Å². The highest BCUT2D eigenvalue weighted by Crippen LogP contribution is 2.15. The Hall–Kier alpha value is -1.10. The van der Waals surface area contributed by atoms with Crippen molar-refractivity contribution in [1.29, 1.82) is 0 Å². The number of ether oxygens (including phenoxy) is 1. The van der Waals surface area contributed by atoms with Crippen LogP contribution >= 0.6 is 12.4 Å². The number of carbonyl (C=O) groups excluding carboxylic acids is 1. The van der Waals surface area contributed by atoms with E-state index in [9.17, 15) is 4.79 Å². The average Bonchev–Trinajstić information content (AvgIpc) is 2.49. The number of likely N-dealkylation sites (tertiary alicyclic amines) is 1. The van der Waals surface area contributed by atoms with Gasteiger partial charge in [0.25, 0.3) is 0 Å². The summed E-state index contributed by atoms with van der Waals surface area (Å²) in [5, 5.41) is 3.19. The molecule has 1 heterocycles. The van der Waals surface area contributed by atoms with Gasteiger partial charge in [0.2, 0.25) is 5.91 Å². The number of hydrogen-bond acceptors (Lipinski definition) is 3. The highest BCUT2D eigenvalue weighted by atomic mass is 35.5. The summed E-state index contributed by atoms with van der Waals surface area (Å²) in [7, 11) is 1.96. The van der Waals surface area contributed by atoms with Crippen LogP contribution in [0.25, 0.3) is 0 Å². The number of amides is 1. The van der Waals surface area contributed by atoms with Gasteiger partial charge in [-0.3, -0.25) is 4.79 Å². The number of rotatable bonds is 6. The molecule has 1 atom stereocenters. The molecule has 0 radical (unpaired) electrons. The zero-order chi connectivity index (χ0) is 14.2. The van der Waals surface area contributed by atoms with Crippen molar-refractivity contribution >= 4 is 18.3 Å². The molecule has 118 valence electrons. The number of nitrogens with one attached hydrogen (secondary N) is 1. The van der Waals surface area contributed by atoms with E-state index in [0.29, 0.717) is 12.5 Å². The lowest BCUT2D eigenvalue weighted by Crippen LogP contribution is -2.43. The summed E-state index contributed by atoms with van der Waals surface area (Å²) in [5.41, 5.74) is 1.10. The minimum Gasteiger partial charge on any atom is -0.367 e. The summed E-state index contributed by atoms with van der Waals surface area (Å²) in [4.78, 5) is 14.1. The predicted octanol–water partition coefficient (Wildman–Crippen LogP) is 2.08. The van der Waals surface area contributed by atoms with E-state index in [2.05, 4.69) is 5.32 Å². The third-order valence-corrected chi connectivity index (χ3v) is 3.70. The number of benzene rings is 1. The molecule has 5 heteroatoms. The topological polar surface area (TPSA) is 41.6 Å². The molecule has 0 bridgehead atoms. The Morgan fingerprint density at radius 1 is 1.38 bits per heavy atom. The second-order valence-corrected chi connectivity index (χ2v) is 5.38. The zero-order valence-electron chi connectivity index (χ0n) is 12.6. The number of hydrogen-bond donors (Lipinski definition) is 1. The van der Waals surface area contributed by atoms with Crippen LogP contribution in [-0.2, 0) is 16.1 Å². The van der Waals surface area contributed by atoms with Crippen molar-refractivity contribution in [2.45, 2.75) is 19.4 Å². The first-order valence-electron chi connectivity index (χ1n) is 7.33. The van der Waals surface area contributed by atoms with Crippen LogP contribution in [0.2, 0.25) is 0 Å². The third kappa shape index (κ3) is 6.04. The fourth-order valence-electron chi connectivity index (χ4n) is 2.67. The number of nitrogens with zero attached hydrogens (tertiary/aromatic N) is 1. The fraction of sp³-hybridized carbons (Fsp3) is 0.562. The molecule has 0 aromatic heterocycles. The number of piperidine rings is 1. The Balaban J connectivity index is 0.00000220. The normalized spacial score (nSPS) is 18.1.